The second kappa shape index (κ2) is 6.85. The van der Waals surface area contributed by atoms with E-state index in [1.165, 1.54) is 12.3 Å². The molecule has 21 heavy (non-hydrogen) atoms. The van der Waals surface area contributed by atoms with E-state index in [0.29, 0.717) is 23.7 Å². The summed E-state index contributed by atoms with van der Waals surface area (Å²) < 4.78 is 0. The van der Waals surface area contributed by atoms with Gasteiger partial charge in [0, 0.05) is 12.7 Å². The summed E-state index contributed by atoms with van der Waals surface area (Å²) in [4.78, 5) is 26.5. The van der Waals surface area contributed by atoms with Crippen LogP contribution < -0.4 is 5.32 Å². The van der Waals surface area contributed by atoms with Crippen molar-refractivity contribution in [2.24, 2.45) is 0 Å². The molecule has 0 fully saturated rings. The summed E-state index contributed by atoms with van der Waals surface area (Å²) in [6, 6.07) is 9.77. The molecule has 6 heteroatoms. The number of benzene rings is 1. The number of aromatic nitrogens is 1. The first-order valence-corrected chi connectivity index (χ1v) is 6.66. The van der Waals surface area contributed by atoms with E-state index >= 15 is 0 Å². The van der Waals surface area contributed by atoms with Crippen molar-refractivity contribution in [3.8, 4) is 0 Å². The molecule has 1 aromatic carbocycles. The molecule has 0 aliphatic rings. The number of carbonyl (C=O) groups is 2. The molecule has 0 spiro atoms. The number of carboxylic acids is 1. The molecular weight excluding hydrogens is 292 g/mol. The van der Waals surface area contributed by atoms with E-state index < -0.39 is 5.97 Å². The molecule has 108 valence electrons. The number of nitrogens with zero attached hydrogens (tertiary/aromatic N) is 1. The smallest absolute Gasteiger partial charge is 0.335 e. The fourth-order valence-corrected chi connectivity index (χ4v) is 1.90. The Balaban J connectivity index is 1.89. The third-order valence-electron chi connectivity index (χ3n) is 2.86. The van der Waals surface area contributed by atoms with Crippen molar-refractivity contribution in [2.45, 2.75) is 6.42 Å². The van der Waals surface area contributed by atoms with Gasteiger partial charge >= 0.3 is 5.97 Å². The molecule has 0 radical (unpaired) electrons. The van der Waals surface area contributed by atoms with Crippen molar-refractivity contribution in [3.05, 3.63) is 64.4 Å². The molecule has 1 aromatic heterocycles. The summed E-state index contributed by atoms with van der Waals surface area (Å²) in [7, 11) is 0. The first-order chi connectivity index (χ1) is 10.1. The minimum atomic E-state index is -0.965. The van der Waals surface area contributed by atoms with Gasteiger partial charge in [-0.2, -0.15) is 0 Å². The van der Waals surface area contributed by atoms with Crippen LogP contribution in [0.25, 0.3) is 0 Å². The zero-order valence-corrected chi connectivity index (χ0v) is 11.8. The largest absolute Gasteiger partial charge is 0.478 e. The minimum absolute atomic E-state index is 0.237. The number of amides is 1. The monoisotopic (exact) mass is 304 g/mol. The fraction of sp³-hybridized carbons (Fsp3) is 0.133. The van der Waals surface area contributed by atoms with Crippen LogP contribution >= 0.6 is 11.6 Å². The van der Waals surface area contributed by atoms with Gasteiger partial charge in [-0.15, -0.1) is 0 Å². The molecule has 5 nitrogen and oxygen atoms in total. The molecule has 0 atom stereocenters. The maximum absolute atomic E-state index is 11.8. The minimum Gasteiger partial charge on any atom is -0.478 e. The fourth-order valence-electron chi connectivity index (χ4n) is 1.79. The predicted octanol–water partition coefficient (Wildman–Crippen LogP) is 2.41. The number of halogens is 1. The van der Waals surface area contributed by atoms with E-state index in [9.17, 15) is 9.59 Å². The molecule has 0 aliphatic heterocycles. The van der Waals surface area contributed by atoms with Crippen LogP contribution in [0.5, 0.6) is 0 Å². The van der Waals surface area contributed by atoms with Gasteiger partial charge in [0.15, 0.2) is 0 Å². The Bertz CT molecular complexity index is 656. The van der Waals surface area contributed by atoms with Gasteiger partial charge in [-0.05, 0) is 36.2 Å². The molecule has 2 N–H and O–H groups in total. The summed E-state index contributed by atoms with van der Waals surface area (Å²) >= 11 is 5.65. The number of carbonyl (C=O) groups excluding carboxylic acids is 1. The summed E-state index contributed by atoms with van der Waals surface area (Å²) in [6.45, 7) is 0.407. The molecule has 0 saturated heterocycles. The average molecular weight is 305 g/mol. The van der Waals surface area contributed by atoms with Crippen molar-refractivity contribution < 1.29 is 14.7 Å². The third-order valence-corrected chi connectivity index (χ3v) is 3.09. The summed E-state index contributed by atoms with van der Waals surface area (Å²) in [5.74, 6) is -1.21. The molecule has 0 aliphatic carbocycles. The zero-order valence-electron chi connectivity index (χ0n) is 11.0. The standard InChI is InChI=1S/C15H13ClN2O3/c16-13-5-4-12(9-18-13)14(19)17-7-6-10-2-1-3-11(8-10)15(20)21/h1-5,8-9H,6-7H2,(H,17,19)(H,20,21). The van der Waals surface area contributed by atoms with E-state index in [0.717, 1.165) is 5.56 Å². The normalized spacial score (nSPS) is 10.1. The van der Waals surface area contributed by atoms with E-state index in [1.54, 1.807) is 24.3 Å². The van der Waals surface area contributed by atoms with Crippen molar-refractivity contribution in [1.29, 1.82) is 0 Å². The van der Waals surface area contributed by atoms with Crippen LogP contribution in [0, 0.1) is 0 Å². The Morgan fingerprint density at radius 2 is 2.00 bits per heavy atom. The van der Waals surface area contributed by atoms with Gasteiger partial charge in [-0.1, -0.05) is 23.7 Å². The van der Waals surface area contributed by atoms with Gasteiger partial charge in [-0.25, -0.2) is 9.78 Å². The molecule has 0 saturated carbocycles. The van der Waals surface area contributed by atoms with Gasteiger partial charge in [0.25, 0.3) is 5.91 Å². The van der Waals surface area contributed by atoms with Crippen LogP contribution in [0.2, 0.25) is 5.15 Å². The molecule has 1 amide bonds. The molecule has 0 unspecified atom stereocenters. The molecule has 2 rings (SSSR count). The maximum Gasteiger partial charge on any atom is 0.335 e. The SMILES string of the molecule is O=C(O)c1cccc(CCNC(=O)c2ccc(Cl)nc2)c1. The number of carboxylic acid groups (broad SMARTS) is 1. The third kappa shape index (κ3) is 4.29. The van der Waals surface area contributed by atoms with E-state index in [2.05, 4.69) is 10.3 Å². The Morgan fingerprint density at radius 1 is 1.19 bits per heavy atom. The van der Waals surface area contributed by atoms with E-state index in [-0.39, 0.29) is 11.5 Å². The lowest BCUT2D eigenvalue weighted by molar-refractivity contribution is 0.0696. The van der Waals surface area contributed by atoms with Crippen LogP contribution in [0.15, 0.2) is 42.6 Å². The zero-order chi connectivity index (χ0) is 15.2. The van der Waals surface area contributed by atoms with Gasteiger partial charge < -0.3 is 10.4 Å². The Labute approximate surface area is 126 Å². The maximum atomic E-state index is 11.8. The number of hydrogen-bond donors (Lipinski definition) is 2. The van der Waals surface area contributed by atoms with Crippen LogP contribution in [0.3, 0.4) is 0 Å². The summed E-state index contributed by atoms with van der Waals surface area (Å²) in [6.07, 6.45) is 1.95. The predicted molar refractivity (Wildman–Crippen MR) is 78.7 cm³/mol. The molecule has 2 aromatic rings. The quantitative estimate of drug-likeness (QED) is 0.831. The first kappa shape index (κ1) is 15.0. The summed E-state index contributed by atoms with van der Waals surface area (Å²) in [5.41, 5.74) is 1.52. The highest BCUT2D eigenvalue weighted by molar-refractivity contribution is 6.29. The first-order valence-electron chi connectivity index (χ1n) is 6.28. The molecule has 1 heterocycles. The van der Waals surface area contributed by atoms with Crippen LogP contribution in [0.4, 0.5) is 0 Å². The highest BCUT2D eigenvalue weighted by atomic mass is 35.5. The van der Waals surface area contributed by atoms with Crippen LogP contribution in [0.1, 0.15) is 26.3 Å². The number of aromatic carboxylic acids is 1. The highest BCUT2D eigenvalue weighted by Crippen LogP contribution is 2.07. The average Bonchev–Trinajstić information content (AvgIpc) is 2.48. The Morgan fingerprint density at radius 3 is 2.67 bits per heavy atom. The summed E-state index contributed by atoms with van der Waals surface area (Å²) in [5, 5.41) is 12.0. The Kier molecular flexibility index (Phi) is 4.90. The van der Waals surface area contributed by atoms with Crippen molar-refractivity contribution in [1.82, 2.24) is 10.3 Å². The van der Waals surface area contributed by atoms with Gasteiger partial charge in [0.1, 0.15) is 5.15 Å². The van der Waals surface area contributed by atoms with Crippen molar-refractivity contribution >= 4 is 23.5 Å². The number of rotatable bonds is 5. The number of pyridine rings is 1. The number of hydrogen-bond acceptors (Lipinski definition) is 3. The van der Waals surface area contributed by atoms with Crippen LogP contribution in [-0.2, 0) is 6.42 Å². The van der Waals surface area contributed by atoms with Gasteiger partial charge in [0.05, 0.1) is 11.1 Å². The number of nitrogens with one attached hydrogen (secondary N) is 1. The second-order valence-electron chi connectivity index (χ2n) is 4.38. The van der Waals surface area contributed by atoms with Gasteiger partial charge in [0.2, 0.25) is 0 Å². The highest BCUT2D eigenvalue weighted by Gasteiger charge is 2.06. The Hall–Kier alpha value is -2.40. The lowest BCUT2D eigenvalue weighted by atomic mass is 10.1. The molecule has 0 bridgehead atoms. The lowest BCUT2D eigenvalue weighted by Gasteiger charge is -2.06. The second-order valence-corrected chi connectivity index (χ2v) is 4.77. The molecular formula is C15H13ClN2O3. The van der Waals surface area contributed by atoms with E-state index in [4.69, 9.17) is 16.7 Å². The van der Waals surface area contributed by atoms with Crippen molar-refractivity contribution in [3.63, 3.8) is 0 Å². The lowest BCUT2D eigenvalue weighted by Crippen LogP contribution is -2.25. The van der Waals surface area contributed by atoms with Crippen LogP contribution in [-0.4, -0.2) is 28.5 Å². The topological polar surface area (TPSA) is 79.3 Å². The van der Waals surface area contributed by atoms with E-state index in [1.807, 2.05) is 6.07 Å². The van der Waals surface area contributed by atoms with Crippen molar-refractivity contribution in [2.75, 3.05) is 6.54 Å². The van der Waals surface area contributed by atoms with Gasteiger partial charge in [-0.3, -0.25) is 4.79 Å².